The van der Waals surface area contributed by atoms with Gasteiger partial charge in [-0.2, -0.15) is 13.2 Å². The van der Waals surface area contributed by atoms with Crippen molar-refractivity contribution >= 4 is 29.8 Å². The number of hydrogen-bond acceptors (Lipinski definition) is 3. The quantitative estimate of drug-likeness (QED) is 0.866. The van der Waals surface area contributed by atoms with Gasteiger partial charge in [0.2, 0.25) is 0 Å². The molecule has 0 amide bonds. The molecule has 1 heterocycles. The second-order valence-electron chi connectivity index (χ2n) is 4.81. The Labute approximate surface area is 126 Å². The summed E-state index contributed by atoms with van der Waals surface area (Å²) in [6, 6.07) is 1.28. The third kappa shape index (κ3) is 4.40. The Bertz CT molecular complexity index is 446. The van der Waals surface area contributed by atoms with E-state index >= 15 is 0 Å². The molecule has 0 unspecified atom stereocenters. The van der Waals surface area contributed by atoms with Crippen LogP contribution in [0.25, 0.3) is 0 Å². The number of anilines is 1. The van der Waals surface area contributed by atoms with Crippen molar-refractivity contribution in [2.45, 2.75) is 43.9 Å². The van der Waals surface area contributed by atoms with Gasteiger partial charge < -0.3 is 11.1 Å². The number of aromatic nitrogens is 1. The molecule has 0 aromatic carbocycles. The van der Waals surface area contributed by atoms with E-state index in [0.717, 1.165) is 37.9 Å². The lowest BCUT2D eigenvalue weighted by Crippen LogP contribution is -2.33. The molecule has 114 valence electrons. The maximum absolute atomic E-state index is 12.5. The molecule has 20 heavy (non-hydrogen) atoms. The molecule has 0 spiro atoms. The zero-order chi connectivity index (χ0) is 14.0. The van der Waals surface area contributed by atoms with Gasteiger partial charge in [-0.1, -0.05) is 11.6 Å². The first-order valence-corrected chi connectivity index (χ1v) is 6.49. The molecule has 0 bridgehead atoms. The minimum Gasteiger partial charge on any atom is -0.366 e. The Morgan fingerprint density at radius 3 is 2.35 bits per heavy atom. The molecule has 1 aliphatic rings. The topological polar surface area (TPSA) is 50.9 Å². The van der Waals surface area contributed by atoms with Crippen LogP contribution < -0.4 is 11.1 Å². The maximum atomic E-state index is 12.5. The molecule has 1 aromatic rings. The largest absolute Gasteiger partial charge is 0.417 e. The van der Waals surface area contributed by atoms with Crippen LogP contribution in [0.4, 0.5) is 19.0 Å². The Kier molecular flexibility index (Phi) is 5.91. The first-order chi connectivity index (χ1) is 8.86. The summed E-state index contributed by atoms with van der Waals surface area (Å²) in [5.41, 5.74) is 4.95. The molecule has 3 N–H and O–H groups in total. The molecule has 8 heteroatoms. The second-order valence-corrected chi connectivity index (χ2v) is 5.22. The number of halogens is 5. The highest BCUT2D eigenvalue weighted by atomic mass is 35.5. The van der Waals surface area contributed by atoms with E-state index in [9.17, 15) is 13.2 Å². The van der Waals surface area contributed by atoms with Crippen molar-refractivity contribution in [1.29, 1.82) is 0 Å². The zero-order valence-corrected chi connectivity index (χ0v) is 12.2. The summed E-state index contributed by atoms with van der Waals surface area (Å²) in [5.74, 6) is 0.301. The number of rotatable bonds is 2. The second kappa shape index (κ2) is 6.83. The molecule has 1 fully saturated rings. The number of pyridine rings is 1. The van der Waals surface area contributed by atoms with E-state index < -0.39 is 11.7 Å². The van der Waals surface area contributed by atoms with Crippen molar-refractivity contribution in [3.63, 3.8) is 0 Å². The molecule has 1 aromatic heterocycles. The van der Waals surface area contributed by atoms with Crippen LogP contribution in [-0.2, 0) is 6.18 Å². The lowest BCUT2D eigenvalue weighted by Gasteiger charge is -2.27. The van der Waals surface area contributed by atoms with Crippen LogP contribution in [0, 0.1) is 0 Å². The Morgan fingerprint density at radius 1 is 1.25 bits per heavy atom. The highest BCUT2D eigenvalue weighted by molar-refractivity contribution is 6.33. The van der Waals surface area contributed by atoms with Crippen molar-refractivity contribution in [3.05, 3.63) is 22.8 Å². The predicted octanol–water partition coefficient (Wildman–Crippen LogP) is 3.86. The van der Waals surface area contributed by atoms with Crippen LogP contribution in [0.1, 0.15) is 31.2 Å². The standard InChI is InChI=1S/C12H15ClF3N3.ClH/c13-10-5-7(12(14,15)16)6-18-11(10)19-9-3-1-8(17)2-4-9;/h5-6,8-9H,1-4,17H2,(H,18,19);1H. The van der Waals surface area contributed by atoms with Gasteiger partial charge in [0.25, 0.3) is 0 Å². The smallest absolute Gasteiger partial charge is 0.366 e. The lowest BCUT2D eigenvalue weighted by atomic mass is 9.92. The van der Waals surface area contributed by atoms with Crippen LogP contribution in [0.15, 0.2) is 12.3 Å². The van der Waals surface area contributed by atoms with Gasteiger partial charge in [-0.3, -0.25) is 0 Å². The molecule has 0 aliphatic heterocycles. The summed E-state index contributed by atoms with van der Waals surface area (Å²) in [6.07, 6.45) is -0.0816. The van der Waals surface area contributed by atoms with Crippen molar-refractivity contribution in [2.24, 2.45) is 5.73 Å². The van der Waals surface area contributed by atoms with E-state index in [0.29, 0.717) is 5.82 Å². The third-order valence-corrected chi connectivity index (χ3v) is 3.57. The van der Waals surface area contributed by atoms with Gasteiger partial charge in [0.15, 0.2) is 0 Å². The fourth-order valence-corrected chi connectivity index (χ4v) is 2.38. The molecule has 1 aliphatic carbocycles. The van der Waals surface area contributed by atoms with E-state index in [1.165, 1.54) is 0 Å². The molecule has 0 radical (unpaired) electrons. The fraction of sp³-hybridized carbons (Fsp3) is 0.583. The Morgan fingerprint density at radius 2 is 1.85 bits per heavy atom. The van der Waals surface area contributed by atoms with Crippen molar-refractivity contribution in [3.8, 4) is 0 Å². The van der Waals surface area contributed by atoms with Crippen molar-refractivity contribution < 1.29 is 13.2 Å². The first kappa shape index (κ1) is 17.3. The summed E-state index contributed by atoms with van der Waals surface area (Å²) in [7, 11) is 0. The Balaban J connectivity index is 0.00000200. The summed E-state index contributed by atoms with van der Waals surface area (Å²) in [6.45, 7) is 0. The van der Waals surface area contributed by atoms with Crippen LogP contribution >= 0.6 is 24.0 Å². The molecule has 3 nitrogen and oxygen atoms in total. The molecule has 1 saturated carbocycles. The van der Waals surface area contributed by atoms with Gasteiger partial charge in [0.05, 0.1) is 10.6 Å². The average molecular weight is 330 g/mol. The average Bonchev–Trinajstić information content (AvgIpc) is 2.33. The summed E-state index contributed by atoms with van der Waals surface area (Å²) < 4.78 is 37.4. The van der Waals surface area contributed by atoms with Gasteiger partial charge in [-0.05, 0) is 31.7 Å². The van der Waals surface area contributed by atoms with E-state index in [-0.39, 0.29) is 29.5 Å². The number of hydrogen-bond donors (Lipinski definition) is 2. The van der Waals surface area contributed by atoms with Crippen LogP contribution in [0.5, 0.6) is 0 Å². The predicted molar refractivity (Wildman–Crippen MR) is 75.4 cm³/mol. The molecule has 0 saturated heterocycles. The van der Waals surface area contributed by atoms with Gasteiger partial charge in [-0.25, -0.2) is 4.98 Å². The molecule has 0 atom stereocenters. The van der Waals surface area contributed by atoms with Gasteiger partial charge in [0.1, 0.15) is 5.82 Å². The maximum Gasteiger partial charge on any atom is 0.417 e. The first-order valence-electron chi connectivity index (χ1n) is 6.11. The number of nitrogens with zero attached hydrogens (tertiary/aromatic N) is 1. The lowest BCUT2D eigenvalue weighted by molar-refractivity contribution is -0.137. The minimum absolute atomic E-state index is 0. The summed E-state index contributed by atoms with van der Waals surface area (Å²) in [5, 5.41) is 3.07. The number of nitrogens with two attached hydrogens (primary N) is 1. The van der Waals surface area contributed by atoms with E-state index in [2.05, 4.69) is 10.3 Å². The van der Waals surface area contributed by atoms with Crippen molar-refractivity contribution in [2.75, 3.05) is 5.32 Å². The van der Waals surface area contributed by atoms with Crippen LogP contribution in [0.3, 0.4) is 0 Å². The van der Waals surface area contributed by atoms with Crippen molar-refractivity contribution in [1.82, 2.24) is 4.98 Å². The Hall–Kier alpha value is -0.720. The van der Waals surface area contributed by atoms with Crippen LogP contribution in [-0.4, -0.2) is 17.1 Å². The molecule has 2 rings (SSSR count). The zero-order valence-electron chi connectivity index (χ0n) is 10.6. The molecular formula is C12H16Cl2F3N3. The van der Waals surface area contributed by atoms with Crippen LogP contribution in [0.2, 0.25) is 5.02 Å². The van der Waals surface area contributed by atoms with Gasteiger partial charge >= 0.3 is 6.18 Å². The monoisotopic (exact) mass is 329 g/mol. The van der Waals surface area contributed by atoms with Gasteiger partial charge in [0, 0.05) is 18.3 Å². The van der Waals surface area contributed by atoms with E-state index in [1.807, 2.05) is 0 Å². The SMILES string of the molecule is Cl.NC1CCC(Nc2ncc(C(F)(F)F)cc2Cl)CC1. The fourth-order valence-electron chi connectivity index (χ4n) is 2.16. The number of alkyl halides is 3. The minimum atomic E-state index is -4.42. The number of nitrogens with one attached hydrogen (secondary N) is 1. The summed E-state index contributed by atoms with van der Waals surface area (Å²) in [4.78, 5) is 3.76. The van der Waals surface area contributed by atoms with Gasteiger partial charge in [-0.15, -0.1) is 12.4 Å². The van der Waals surface area contributed by atoms with E-state index in [1.54, 1.807) is 0 Å². The van der Waals surface area contributed by atoms with E-state index in [4.69, 9.17) is 17.3 Å². The highest BCUT2D eigenvalue weighted by Gasteiger charge is 2.31. The highest BCUT2D eigenvalue weighted by Crippen LogP contribution is 2.33. The third-order valence-electron chi connectivity index (χ3n) is 3.28. The molecular weight excluding hydrogens is 314 g/mol. The normalized spacial score (nSPS) is 23.1. The summed E-state index contributed by atoms with van der Waals surface area (Å²) >= 11 is 5.83.